The average Bonchev–Trinajstić information content (AvgIpc) is 3.01. The summed E-state index contributed by atoms with van der Waals surface area (Å²) in [5.74, 6) is 0.615. The van der Waals surface area contributed by atoms with Gasteiger partial charge >= 0.3 is 0 Å². The zero-order valence-corrected chi connectivity index (χ0v) is 10.3. The maximum atomic E-state index is 9.15. The minimum absolute atomic E-state index is 0.0136. The van der Waals surface area contributed by atoms with Gasteiger partial charge in [-0.05, 0) is 28.8 Å². The Balaban J connectivity index is 2.25. The van der Waals surface area contributed by atoms with Crippen LogP contribution in [0.4, 0.5) is 0 Å². The molecule has 0 radical (unpaired) electrons. The SMILES string of the molecule is COCCn1nc(CO)c(Br)c1C1CC1. The van der Waals surface area contributed by atoms with Gasteiger partial charge in [-0.25, -0.2) is 0 Å². The normalized spacial score (nSPS) is 15.9. The van der Waals surface area contributed by atoms with Crippen molar-refractivity contribution in [3.63, 3.8) is 0 Å². The van der Waals surface area contributed by atoms with Crippen LogP contribution >= 0.6 is 15.9 Å². The molecule has 0 unspecified atom stereocenters. The third-order valence-corrected chi connectivity index (χ3v) is 3.48. The third kappa shape index (κ3) is 2.24. The molecule has 1 heterocycles. The summed E-state index contributed by atoms with van der Waals surface area (Å²) < 4.78 is 7.98. The largest absolute Gasteiger partial charge is 0.390 e. The van der Waals surface area contributed by atoms with Gasteiger partial charge in [0.25, 0.3) is 0 Å². The molecule has 1 aromatic rings. The molecule has 0 amide bonds. The van der Waals surface area contributed by atoms with Gasteiger partial charge in [0.1, 0.15) is 5.69 Å². The van der Waals surface area contributed by atoms with Crippen LogP contribution in [-0.2, 0) is 17.9 Å². The van der Waals surface area contributed by atoms with Gasteiger partial charge in [-0.15, -0.1) is 0 Å². The van der Waals surface area contributed by atoms with Crippen LogP contribution < -0.4 is 0 Å². The van der Waals surface area contributed by atoms with E-state index in [1.165, 1.54) is 18.5 Å². The van der Waals surface area contributed by atoms with Gasteiger partial charge in [0.2, 0.25) is 0 Å². The Labute approximate surface area is 97.4 Å². The lowest BCUT2D eigenvalue weighted by Gasteiger charge is -2.05. The predicted molar refractivity (Wildman–Crippen MR) is 59.7 cm³/mol. The first-order valence-corrected chi connectivity index (χ1v) is 5.92. The first-order valence-electron chi connectivity index (χ1n) is 5.12. The van der Waals surface area contributed by atoms with Crippen LogP contribution in [0.1, 0.15) is 30.1 Å². The van der Waals surface area contributed by atoms with Gasteiger partial charge in [-0.1, -0.05) is 0 Å². The minimum Gasteiger partial charge on any atom is -0.390 e. The first-order chi connectivity index (χ1) is 7.27. The molecule has 4 nitrogen and oxygen atoms in total. The Morgan fingerprint density at radius 1 is 1.60 bits per heavy atom. The van der Waals surface area contributed by atoms with Crippen LogP contribution in [0.3, 0.4) is 0 Å². The Bertz CT molecular complexity index is 347. The van der Waals surface area contributed by atoms with E-state index < -0.39 is 0 Å². The first kappa shape index (κ1) is 11.1. The molecule has 0 aromatic carbocycles. The van der Waals surface area contributed by atoms with Crippen LogP contribution in [0.15, 0.2) is 4.47 Å². The van der Waals surface area contributed by atoms with Crippen molar-refractivity contribution in [2.75, 3.05) is 13.7 Å². The summed E-state index contributed by atoms with van der Waals surface area (Å²) in [5.41, 5.74) is 1.95. The molecular formula is C10H15BrN2O2. The van der Waals surface area contributed by atoms with E-state index in [4.69, 9.17) is 9.84 Å². The van der Waals surface area contributed by atoms with E-state index in [0.717, 1.165) is 16.7 Å². The number of hydrogen-bond acceptors (Lipinski definition) is 3. The average molecular weight is 275 g/mol. The number of aliphatic hydroxyl groups is 1. The highest BCUT2D eigenvalue weighted by Crippen LogP contribution is 2.44. The van der Waals surface area contributed by atoms with Crippen LogP contribution in [0, 0.1) is 0 Å². The summed E-state index contributed by atoms with van der Waals surface area (Å²) in [6.07, 6.45) is 2.45. The highest BCUT2D eigenvalue weighted by molar-refractivity contribution is 9.10. The Kier molecular flexibility index (Phi) is 3.43. The van der Waals surface area contributed by atoms with Crippen LogP contribution in [0.2, 0.25) is 0 Å². The third-order valence-electron chi connectivity index (χ3n) is 2.62. The maximum absolute atomic E-state index is 9.15. The van der Waals surface area contributed by atoms with Crippen LogP contribution in [0.5, 0.6) is 0 Å². The van der Waals surface area contributed by atoms with E-state index in [0.29, 0.717) is 12.5 Å². The standard InChI is InChI=1S/C10H15BrN2O2/c1-15-5-4-13-10(7-2-3-7)9(11)8(6-14)12-13/h7,14H,2-6H2,1H3. The summed E-state index contributed by atoms with van der Waals surface area (Å²) in [4.78, 5) is 0. The molecule has 84 valence electrons. The van der Waals surface area contributed by atoms with E-state index in [2.05, 4.69) is 21.0 Å². The number of rotatable bonds is 5. The summed E-state index contributed by atoms with van der Waals surface area (Å²) in [5, 5.41) is 13.5. The number of ether oxygens (including phenoxy) is 1. The second-order valence-corrected chi connectivity index (χ2v) is 4.59. The number of nitrogens with zero attached hydrogens (tertiary/aromatic N) is 2. The van der Waals surface area contributed by atoms with Crippen LogP contribution in [0.25, 0.3) is 0 Å². The van der Waals surface area contributed by atoms with Crippen molar-refractivity contribution < 1.29 is 9.84 Å². The van der Waals surface area contributed by atoms with Gasteiger partial charge in [0.15, 0.2) is 0 Å². The number of aromatic nitrogens is 2. The summed E-state index contributed by atoms with van der Waals surface area (Å²) in [7, 11) is 1.68. The molecule has 2 rings (SSSR count). The van der Waals surface area contributed by atoms with Crippen molar-refractivity contribution in [1.29, 1.82) is 0 Å². The molecule has 0 spiro atoms. The fourth-order valence-corrected chi connectivity index (χ4v) is 2.43. The Morgan fingerprint density at radius 2 is 2.33 bits per heavy atom. The lowest BCUT2D eigenvalue weighted by molar-refractivity contribution is 0.181. The van der Waals surface area contributed by atoms with Crippen molar-refractivity contribution in [3.05, 3.63) is 15.9 Å². The molecule has 0 bridgehead atoms. The summed E-state index contributed by atoms with van der Waals surface area (Å²) in [6.45, 7) is 1.39. The van der Waals surface area contributed by atoms with Crippen molar-refractivity contribution in [1.82, 2.24) is 9.78 Å². The molecule has 1 saturated carbocycles. The molecule has 1 aliphatic rings. The lowest BCUT2D eigenvalue weighted by Crippen LogP contribution is -2.09. The molecule has 1 N–H and O–H groups in total. The van der Waals surface area contributed by atoms with Crippen molar-refractivity contribution in [2.24, 2.45) is 0 Å². The molecule has 0 saturated heterocycles. The van der Waals surface area contributed by atoms with Gasteiger partial charge in [0.05, 0.1) is 29.9 Å². The molecule has 5 heteroatoms. The summed E-state index contributed by atoms with van der Waals surface area (Å²) in [6, 6.07) is 0. The molecular weight excluding hydrogens is 260 g/mol. The van der Waals surface area contributed by atoms with E-state index >= 15 is 0 Å². The van der Waals surface area contributed by atoms with E-state index in [9.17, 15) is 0 Å². The topological polar surface area (TPSA) is 47.3 Å². The number of aliphatic hydroxyl groups excluding tert-OH is 1. The van der Waals surface area contributed by atoms with E-state index in [-0.39, 0.29) is 6.61 Å². The molecule has 0 atom stereocenters. The highest BCUT2D eigenvalue weighted by Gasteiger charge is 2.31. The number of halogens is 1. The van der Waals surface area contributed by atoms with Gasteiger partial charge in [-0.2, -0.15) is 5.10 Å². The van der Waals surface area contributed by atoms with E-state index in [1.54, 1.807) is 7.11 Å². The van der Waals surface area contributed by atoms with Crippen molar-refractivity contribution in [2.45, 2.75) is 31.9 Å². The molecule has 1 aliphatic carbocycles. The summed E-state index contributed by atoms with van der Waals surface area (Å²) >= 11 is 3.51. The zero-order valence-electron chi connectivity index (χ0n) is 8.74. The quantitative estimate of drug-likeness (QED) is 0.889. The Hall–Kier alpha value is -0.390. The molecule has 0 aliphatic heterocycles. The fourth-order valence-electron chi connectivity index (χ4n) is 1.70. The smallest absolute Gasteiger partial charge is 0.102 e. The second-order valence-electron chi connectivity index (χ2n) is 3.79. The second kappa shape index (κ2) is 4.63. The lowest BCUT2D eigenvalue weighted by atomic mass is 10.2. The van der Waals surface area contributed by atoms with Crippen molar-refractivity contribution in [3.8, 4) is 0 Å². The number of methoxy groups -OCH3 is 1. The van der Waals surface area contributed by atoms with Gasteiger partial charge in [-0.3, -0.25) is 4.68 Å². The minimum atomic E-state index is -0.0136. The maximum Gasteiger partial charge on any atom is 0.102 e. The van der Waals surface area contributed by atoms with Crippen LogP contribution in [-0.4, -0.2) is 28.6 Å². The molecule has 1 fully saturated rings. The fraction of sp³-hybridized carbons (Fsp3) is 0.700. The Morgan fingerprint density at radius 3 is 2.87 bits per heavy atom. The predicted octanol–water partition coefficient (Wildman–Crippen LogP) is 1.66. The molecule has 1 aromatic heterocycles. The van der Waals surface area contributed by atoms with Crippen molar-refractivity contribution >= 4 is 15.9 Å². The van der Waals surface area contributed by atoms with Gasteiger partial charge < -0.3 is 9.84 Å². The monoisotopic (exact) mass is 274 g/mol. The molecule has 15 heavy (non-hydrogen) atoms. The highest BCUT2D eigenvalue weighted by atomic mass is 79.9. The van der Waals surface area contributed by atoms with Gasteiger partial charge in [0, 0.05) is 13.0 Å². The zero-order chi connectivity index (χ0) is 10.8. The number of hydrogen-bond donors (Lipinski definition) is 1. The van der Waals surface area contributed by atoms with E-state index in [1.807, 2.05) is 4.68 Å².